The lowest BCUT2D eigenvalue weighted by molar-refractivity contribution is 0.175. The Kier molecular flexibility index (Phi) is 2.78. The molecule has 0 spiro atoms. The van der Waals surface area contributed by atoms with Crippen LogP contribution in [0.3, 0.4) is 0 Å². The summed E-state index contributed by atoms with van der Waals surface area (Å²) in [6, 6.07) is 0. The first kappa shape index (κ1) is 6.81. The maximum Gasteiger partial charge on any atom is 0.0828 e. The van der Waals surface area contributed by atoms with Crippen LogP contribution in [0.5, 0.6) is 0 Å². The second-order valence-electron chi connectivity index (χ2n) is 2.61. The van der Waals surface area contributed by atoms with Crippen molar-refractivity contribution in [2.24, 2.45) is 5.92 Å². The Morgan fingerprint density at radius 3 is 3.00 bits per heavy atom. The lowest BCUT2D eigenvalue weighted by Gasteiger charge is -2.13. The molecule has 0 heterocycles. The molecule has 0 aromatic rings. The molecule has 1 unspecified atom stereocenters. The summed E-state index contributed by atoms with van der Waals surface area (Å²) in [6.07, 6.45) is 8.97. The van der Waals surface area contributed by atoms with Crippen molar-refractivity contribution in [3.8, 4) is 0 Å². The first-order chi connectivity index (χ1) is 4.43. The van der Waals surface area contributed by atoms with E-state index in [1.807, 2.05) is 0 Å². The Morgan fingerprint density at radius 1 is 1.56 bits per heavy atom. The highest BCUT2D eigenvalue weighted by atomic mass is 16.3. The lowest BCUT2D eigenvalue weighted by atomic mass is 9.94. The van der Waals surface area contributed by atoms with Crippen molar-refractivity contribution < 1.29 is 5.11 Å². The van der Waals surface area contributed by atoms with Crippen LogP contribution in [0.15, 0.2) is 12.2 Å². The van der Waals surface area contributed by atoms with Crippen LogP contribution < -0.4 is 0 Å². The normalized spacial score (nSPS) is 26.6. The molecular formula is C8H13O. The van der Waals surface area contributed by atoms with E-state index >= 15 is 0 Å². The van der Waals surface area contributed by atoms with Crippen LogP contribution in [0.2, 0.25) is 0 Å². The molecule has 0 aromatic heterocycles. The van der Waals surface area contributed by atoms with Gasteiger partial charge in [0.15, 0.2) is 0 Å². The Balaban J connectivity index is 2.23. The molecule has 0 amide bonds. The summed E-state index contributed by atoms with van der Waals surface area (Å²) >= 11 is 0. The zero-order valence-corrected chi connectivity index (χ0v) is 5.68. The molecule has 51 valence electrons. The van der Waals surface area contributed by atoms with Crippen LogP contribution in [-0.2, 0) is 5.11 Å². The molecule has 1 heteroatoms. The number of allylic oxidation sites excluding steroid dienone is 2. The standard InChI is InChI=1S/C8H13O/c9-7-6-8-4-2-1-3-5-8/h2,4,8H,1,3,5-7H2. The van der Waals surface area contributed by atoms with Gasteiger partial charge in [0.25, 0.3) is 0 Å². The van der Waals surface area contributed by atoms with E-state index in [0.717, 1.165) is 6.42 Å². The van der Waals surface area contributed by atoms with E-state index in [1.165, 1.54) is 19.3 Å². The zero-order valence-electron chi connectivity index (χ0n) is 5.68. The summed E-state index contributed by atoms with van der Waals surface area (Å²) in [4.78, 5) is 0. The fourth-order valence-corrected chi connectivity index (χ4v) is 1.27. The van der Waals surface area contributed by atoms with Crippen molar-refractivity contribution in [1.82, 2.24) is 0 Å². The number of hydrogen-bond acceptors (Lipinski definition) is 0. The molecule has 9 heavy (non-hydrogen) atoms. The van der Waals surface area contributed by atoms with Crippen molar-refractivity contribution in [3.05, 3.63) is 12.2 Å². The predicted molar refractivity (Wildman–Crippen MR) is 36.7 cm³/mol. The molecule has 1 radical (unpaired) electrons. The average Bonchev–Trinajstić information content (AvgIpc) is 1.91. The average molecular weight is 125 g/mol. The smallest absolute Gasteiger partial charge is 0.0828 e. The summed E-state index contributed by atoms with van der Waals surface area (Å²) in [6.45, 7) is 0.0923. The molecule has 1 rings (SSSR count). The molecule has 0 saturated heterocycles. The van der Waals surface area contributed by atoms with E-state index in [2.05, 4.69) is 12.2 Å². The van der Waals surface area contributed by atoms with Crippen molar-refractivity contribution in [1.29, 1.82) is 0 Å². The van der Waals surface area contributed by atoms with Crippen LogP contribution in [0.1, 0.15) is 25.7 Å². The Morgan fingerprint density at radius 2 is 2.44 bits per heavy atom. The van der Waals surface area contributed by atoms with Gasteiger partial charge in [-0.3, -0.25) is 0 Å². The van der Waals surface area contributed by atoms with Gasteiger partial charge in [-0.05, 0) is 31.6 Å². The van der Waals surface area contributed by atoms with Gasteiger partial charge in [-0.2, -0.15) is 0 Å². The molecule has 0 saturated carbocycles. The van der Waals surface area contributed by atoms with Crippen LogP contribution in [0, 0.1) is 5.92 Å². The zero-order chi connectivity index (χ0) is 6.53. The van der Waals surface area contributed by atoms with Gasteiger partial charge < -0.3 is 0 Å². The van der Waals surface area contributed by atoms with Gasteiger partial charge in [-0.1, -0.05) is 12.2 Å². The van der Waals surface area contributed by atoms with Crippen LogP contribution in [0.4, 0.5) is 0 Å². The molecule has 0 fully saturated rings. The molecule has 0 bridgehead atoms. The van der Waals surface area contributed by atoms with Crippen LogP contribution in [0.25, 0.3) is 0 Å². The molecule has 1 atom stereocenters. The minimum Gasteiger partial charge on any atom is -0.237 e. The van der Waals surface area contributed by atoms with E-state index in [-0.39, 0.29) is 6.61 Å². The SMILES string of the molecule is [O]CCC1C=CCCC1. The molecule has 1 nitrogen and oxygen atoms in total. The molecular weight excluding hydrogens is 112 g/mol. The summed E-state index contributed by atoms with van der Waals surface area (Å²) < 4.78 is 0. The molecule has 1 aliphatic carbocycles. The summed E-state index contributed by atoms with van der Waals surface area (Å²) in [5.74, 6) is 0.608. The topological polar surface area (TPSA) is 19.9 Å². The third-order valence-electron chi connectivity index (χ3n) is 1.84. The monoisotopic (exact) mass is 125 g/mol. The number of rotatable bonds is 2. The molecule has 0 aromatic carbocycles. The minimum absolute atomic E-state index is 0.0923. The molecule has 0 N–H and O–H groups in total. The second kappa shape index (κ2) is 3.67. The first-order valence-corrected chi connectivity index (χ1v) is 3.68. The van der Waals surface area contributed by atoms with Gasteiger partial charge in [0.2, 0.25) is 0 Å². The van der Waals surface area contributed by atoms with Gasteiger partial charge in [0.1, 0.15) is 0 Å². The van der Waals surface area contributed by atoms with Gasteiger partial charge >= 0.3 is 0 Å². The van der Waals surface area contributed by atoms with Gasteiger partial charge in [-0.25, -0.2) is 5.11 Å². The predicted octanol–water partition coefficient (Wildman–Crippen LogP) is 2.16. The summed E-state index contributed by atoms with van der Waals surface area (Å²) in [5, 5.41) is 10.2. The Labute approximate surface area is 56.4 Å². The summed E-state index contributed by atoms with van der Waals surface area (Å²) in [5.41, 5.74) is 0. The second-order valence-corrected chi connectivity index (χ2v) is 2.61. The van der Waals surface area contributed by atoms with Crippen LogP contribution >= 0.6 is 0 Å². The Hall–Kier alpha value is -0.300. The van der Waals surface area contributed by atoms with E-state index in [1.54, 1.807) is 0 Å². The highest BCUT2D eigenvalue weighted by molar-refractivity contribution is 4.92. The van der Waals surface area contributed by atoms with E-state index in [0.29, 0.717) is 5.92 Å². The van der Waals surface area contributed by atoms with Crippen LogP contribution in [-0.4, -0.2) is 6.61 Å². The largest absolute Gasteiger partial charge is 0.237 e. The fraction of sp³-hybridized carbons (Fsp3) is 0.750. The van der Waals surface area contributed by atoms with Gasteiger partial charge in [-0.15, -0.1) is 0 Å². The van der Waals surface area contributed by atoms with E-state index in [4.69, 9.17) is 0 Å². The van der Waals surface area contributed by atoms with Crippen molar-refractivity contribution in [3.63, 3.8) is 0 Å². The lowest BCUT2D eigenvalue weighted by Crippen LogP contribution is -2.01. The Bertz CT molecular complexity index is 96.7. The highest BCUT2D eigenvalue weighted by Crippen LogP contribution is 2.19. The maximum absolute atomic E-state index is 10.2. The van der Waals surface area contributed by atoms with Gasteiger partial charge in [0, 0.05) is 0 Å². The van der Waals surface area contributed by atoms with E-state index in [9.17, 15) is 5.11 Å². The highest BCUT2D eigenvalue weighted by Gasteiger charge is 2.06. The van der Waals surface area contributed by atoms with E-state index < -0.39 is 0 Å². The summed E-state index contributed by atoms with van der Waals surface area (Å²) in [7, 11) is 0. The van der Waals surface area contributed by atoms with Crippen molar-refractivity contribution in [2.45, 2.75) is 25.7 Å². The maximum atomic E-state index is 10.2. The van der Waals surface area contributed by atoms with Crippen molar-refractivity contribution >= 4 is 0 Å². The first-order valence-electron chi connectivity index (χ1n) is 3.68. The molecule has 0 aliphatic heterocycles. The van der Waals surface area contributed by atoms with Gasteiger partial charge in [0.05, 0.1) is 6.61 Å². The third kappa shape index (κ3) is 2.19. The minimum atomic E-state index is 0.0923. The quantitative estimate of drug-likeness (QED) is 0.504. The third-order valence-corrected chi connectivity index (χ3v) is 1.84. The molecule has 1 aliphatic rings. The fourth-order valence-electron chi connectivity index (χ4n) is 1.27. The van der Waals surface area contributed by atoms with Crippen molar-refractivity contribution in [2.75, 3.05) is 6.61 Å². The number of hydrogen-bond donors (Lipinski definition) is 0.